The standard InChI is InChI=1S/C9H7BrN2O2S/c10-7-3-6-5-12-2-1-8(6)9(4-7)15(11,13)14/h1-5H,(H2,11,13,14). The summed E-state index contributed by atoms with van der Waals surface area (Å²) in [5, 5.41) is 6.43. The molecule has 0 aliphatic heterocycles. The van der Waals surface area contributed by atoms with E-state index in [1.807, 2.05) is 0 Å². The van der Waals surface area contributed by atoms with Crippen LogP contribution in [0.25, 0.3) is 10.8 Å². The fourth-order valence-electron chi connectivity index (χ4n) is 1.37. The van der Waals surface area contributed by atoms with Crippen molar-refractivity contribution in [3.05, 3.63) is 35.1 Å². The highest BCUT2D eigenvalue weighted by Gasteiger charge is 2.13. The molecule has 2 aromatic rings. The smallest absolute Gasteiger partial charge is 0.238 e. The predicted molar refractivity (Wildman–Crippen MR) is 60.8 cm³/mol. The molecule has 0 fully saturated rings. The second kappa shape index (κ2) is 3.55. The van der Waals surface area contributed by atoms with Crippen molar-refractivity contribution in [2.75, 3.05) is 0 Å². The van der Waals surface area contributed by atoms with Gasteiger partial charge in [0.15, 0.2) is 0 Å². The van der Waals surface area contributed by atoms with Crippen molar-refractivity contribution in [1.29, 1.82) is 0 Å². The van der Waals surface area contributed by atoms with Gasteiger partial charge in [-0.2, -0.15) is 0 Å². The summed E-state index contributed by atoms with van der Waals surface area (Å²) in [6.45, 7) is 0. The number of hydrogen-bond acceptors (Lipinski definition) is 3. The van der Waals surface area contributed by atoms with Crippen LogP contribution in [-0.4, -0.2) is 13.4 Å². The van der Waals surface area contributed by atoms with E-state index in [4.69, 9.17) is 5.14 Å². The summed E-state index contributed by atoms with van der Waals surface area (Å²) in [7, 11) is -3.71. The third-order valence-electron chi connectivity index (χ3n) is 1.99. The van der Waals surface area contributed by atoms with Crippen molar-refractivity contribution in [3.63, 3.8) is 0 Å². The van der Waals surface area contributed by atoms with Crippen molar-refractivity contribution in [2.45, 2.75) is 4.90 Å². The number of primary sulfonamides is 1. The summed E-state index contributed by atoms with van der Waals surface area (Å²) in [4.78, 5) is 4.03. The molecule has 0 saturated heterocycles. The third-order valence-corrected chi connectivity index (χ3v) is 3.39. The fourth-order valence-corrected chi connectivity index (χ4v) is 2.79. The van der Waals surface area contributed by atoms with E-state index in [1.165, 1.54) is 12.3 Å². The highest BCUT2D eigenvalue weighted by Crippen LogP contribution is 2.25. The van der Waals surface area contributed by atoms with E-state index in [-0.39, 0.29) is 4.90 Å². The van der Waals surface area contributed by atoms with Crippen LogP contribution in [0.4, 0.5) is 0 Å². The van der Waals surface area contributed by atoms with E-state index in [2.05, 4.69) is 20.9 Å². The minimum absolute atomic E-state index is 0.106. The topological polar surface area (TPSA) is 73.1 Å². The van der Waals surface area contributed by atoms with Crippen molar-refractivity contribution in [3.8, 4) is 0 Å². The van der Waals surface area contributed by atoms with E-state index in [0.717, 1.165) is 5.39 Å². The first-order valence-corrected chi connectivity index (χ1v) is 6.38. The first-order chi connectivity index (χ1) is 6.98. The molecule has 0 unspecified atom stereocenters. The Hall–Kier alpha value is -0.980. The first kappa shape index (κ1) is 10.5. The normalized spacial score (nSPS) is 11.9. The van der Waals surface area contributed by atoms with Crippen LogP contribution in [-0.2, 0) is 10.0 Å². The number of sulfonamides is 1. The largest absolute Gasteiger partial charge is 0.264 e. The number of aromatic nitrogens is 1. The number of fused-ring (bicyclic) bond motifs is 1. The molecule has 15 heavy (non-hydrogen) atoms. The number of rotatable bonds is 1. The molecule has 2 rings (SSSR count). The maximum absolute atomic E-state index is 11.3. The molecular formula is C9H7BrN2O2S. The molecule has 2 N–H and O–H groups in total. The minimum Gasteiger partial charge on any atom is -0.264 e. The molecule has 0 aliphatic carbocycles. The molecule has 1 aromatic heterocycles. The molecule has 0 saturated carbocycles. The van der Waals surface area contributed by atoms with E-state index >= 15 is 0 Å². The van der Waals surface area contributed by atoms with Crippen LogP contribution in [0, 0.1) is 0 Å². The Bertz CT molecular complexity index is 625. The number of pyridine rings is 1. The van der Waals surface area contributed by atoms with E-state index < -0.39 is 10.0 Å². The van der Waals surface area contributed by atoms with Crippen LogP contribution < -0.4 is 5.14 Å². The van der Waals surface area contributed by atoms with Gasteiger partial charge in [0.2, 0.25) is 10.0 Å². The zero-order valence-electron chi connectivity index (χ0n) is 7.51. The Labute approximate surface area is 95.3 Å². The summed E-state index contributed by atoms with van der Waals surface area (Å²) in [5.74, 6) is 0. The maximum Gasteiger partial charge on any atom is 0.238 e. The van der Waals surface area contributed by atoms with Gasteiger partial charge in [0.25, 0.3) is 0 Å². The van der Waals surface area contributed by atoms with Gasteiger partial charge in [-0.1, -0.05) is 15.9 Å². The van der Waals surface area contributed by atoms with Gasteiger partial charge in [0, 0.05) is 27.6 Å². The highest BCUT2D eigenvalue weighted by molar-refractivity contribution is 9.10. The Morgan fingerprint density at radius 2 is 2.07 bits per heavy atom. The monoisotopic (exact) mass is 286 g/mol. The lowest BCUT2D eigenvalue weighted by Crippen LogP contribution is -2.12. The molecule has 4 nitrogen and oxygen atoms in total. The molecular weight excluding hydrogens is 280 g/mol. The second-order valence-electron chi connectivity index (χ2n) is 3.05. The predicted octanol–water partition coefficient (Wildman–Crippen LogP) is 1.64. The Morgan fingerprint density at radius 1 is 1.33 bits per heavy atom. The number of nitrogens with two attached hydrogens (primary N) is 1. The van der Waals surface area contributed by atoms with Gasteiger partial charge in [0.1, 0.15) is 0 Å². The highest BCUT2D eigenvalue weighted by atomic mass is 79.9. The zero-order chi connectivity index (χ0) is 11.1. The number of halogens is 1. The fraction of sp³-hybridized carbons (Fsp3) is 0. The van der Waals surface area contributed by atoms with Crippen molar-refractivity contribution >= 4 is 36.7 Å². The minimum atomic E-state index is -3.71. The molecule has 0 aliphatic rings. The molecule has 0 amide bonds. The van der Waals surface area contributed by atoms with E-state index in [9.17, 15) is 8.42 Å². The second-order valence-corrected chi connectivity index (χ2v) is 5.49. The Kier molecular flexibility index (Phi) is 2.49. The molecule has 6 heteroatoms. The summed E-state index contributed by atoms with van der Waals surface area (Å²) >= 11 is 3.23. The first-order valence-electron chi connectivity index (χ1n) is 4.04. The Morgan fingerprint density at radius 3 is 2.73 bits per heavy atom. The number of benzene rings is 1. The van der Waals surface area contributed by atoms with Crippen molar-refractivity contribution in [1.82, 2.24) is 4.98 Å². The Balaban J connectivity index is 2.96. The van der Waals surface area contributed by atoms with Crippen molar-refractivity contribution in [2.24, 2.45) is 5.14 Å². The van der Waals surface area contributed by atoms with Crippen LogP contribution in [0.2, 0.25) is 0 Å². The van der Waals surface area contributed by atoms with Crippen molar-refractivity contribution < 1.29 is 8.42 Å². The summed E-state index contributed by atoms with van der Waals surface area (Å²) < 4.78 is 23.3. The lowest BCUT2D eigenvalue weighted by Gasteiger charge is -2.04. The molecule has 1 aromatic carbocycles. The zero-order valence-corrected chi connectivity index (χ0v) is 9.92. The van der Waals surface area contributed by atoms with Gasteiger partial charge in [-0.05, 0) is 18.2 Å². The third kappa shape index (κ3) is 2.01. The van der Waals surface area contributed by atoms with Gasteiger partial charge >= 0.3 is 0 Å². The van der Waals surface area contributed by atoms with Gasteiger partial charge in [-0.15, -0.1) is 0 Å². The lowest BCUT2D eigenvalue weighted by atomic mass is 10.2. The quantitative estimate of drug-likeness (QED) is 0.866. The van der Waals surface area contributed by atoms with E-state index in [1.54, 1.807) is 18.3 Å². The van der Waals surface area contributed by atoms with Crippen LogP contribution in [0.5, 0.6) is 0 Å². The summed E-state index contributed by atoms with van der Waals surface area (Å²) in [5.41, 5.74) is 0. The summed E-state index contributed by atoms with van der Waals surface area (Å²) in [6.07, 6.45) is 3.12. The molecule has 1 heterocycles. The van der Waals surface area contributed by atoms with Gasteiger partial charge in [0.05, 0.1) is 4.90 Å². The average Bonchev–Trinajstić information content (AvgIpc) is 2.15. The lowest BCUT2D eigenvalue weighted by molar-refractivity contribution is 0.598. The molecule has 0 atom stereocenters. The number of hydrogen-bond donors (Lipinski definition) is 1. The SMILES string of the molecule is NS(=O)(=O)c1cc(Br)cc2cnccc12. The maximum atomic E-state index is 11.3. The van der Waals surface area contributed by atoms with E-state index in [0.29, 0.717) is 9.86 Å². The van der Waals surface area contributed by atoms with Crippen LogP contribution in [0.3, 0.4) is 0 Å². The average molecular weight is 287 g/mol. The van der Waals surface area contributed by atoms with Gasteiger partial charge < -0.3 is 0 Å². The molecule has 0 bridgehead atoms. The number of nitrogens with zero attached hydrogens (tertiary/aromatic N) is 1. The molecule has 78 valence electrons. The van der Waals surface area contributed by atoms with Crippen LogP contribution >= 0.6 is 15.9 Å². The van der Waals surface area contributed by atoms with Crippen LogP contribution in [0.1, 0.15) is 0 Å². The van der Waals surface area contributed by atoms with Crippen LogP contribution in [0.15, 0.2) is 40.0 Å². The van der Waals surface area contributed by atoms with Gasteiger partial charge in [-0.3, -0.25) is 4.98 Å². The molecule has 0 radical (unpaired) electrons. The summed E-state index contributed by atoms with van der Waals surface area (Å²) in [6, 6.07) is 4.90. The molecule has 0 spiro atoms. The van der Waals surface area contributed by atoms with Gasteiger partial charge in [-0.25, -0.2) is 13.6 Å².